The first-order valence-corrected chi connectivity index (χ1v) is 47.6. The fraction of sp³-hybridized carbons (Fsp3) is 0.953. The molecule has 105 heavy (non-hydrogen) atoms. The molecule has 0 saturated carbocycles. The van der Waals surface area contributed by atoms with Gasteiger partial charge < -0.3 is 33.8 Å². The van der Waals surface area contributed by atoms with Gasteiger partial charge in [0.15, 0.2) is 12.2 Å². The molecule has 0 aliphatic rings. The predicted octanol–water partition coefficient (Wildman–Crippen LogP) is 26.2. The molecule has 0 saturated heterocycles. The van der Waals surface area contributed by atoms with Gasteiger partial charge in [0.1, 0.15) is 19.3 Å². The maximum absolute atomic E-state index is 13.1. The summed E-state index contributed by atoms with van der Waals surface area (Å²) in [6.07, 6.45) is 69.6. The number of unbranched alkanes of at least 4 members (excludes halogenated alkanes) is 53. The molecule has 0 rings (SSSR count). The van der Waals surface area contributed by atoms with Crippen molar-refractivity contribution in [3.8, 4) is 0 Å². The van der Waals surface area contributed by atoms with Crippen LogP contribution in [-0.2, 0) is 65.4 Å². The summed E-state index contributed by atoms with van der Waals surface area (Å²) in [4.78, 5) is 73.2. The van der Waals surface area contributed by atoms with E-state index in [0.717, 1.165) is 108 Å². The molecule has 0 fully saturated rings. The van der Waals surface area contributed by atoms with Crippen molar-refractivity contribution in [3.05, 3.63) is 0 Å². The van der Waals surface area contributed by atoms with Gasteiger partial charge in [-0.2, -0.15) is 0 Å². The van der Waals surface area contributed by atoms with Crippen LogP contribution in [0.2, 0.25) is 0 Å². The van der Waals surface area contributed by atoms with Crippen molar-refractivity contribution in [2.24, 2.45) is 11.8 Å². The van der Waals surface area contributed by atoms with E-state index in [-0.39, 0.29) is 25.7 Å². The zero-order chi connectivity index (χ0) is 77.1. The molecule has 0 radical (unpaired) electrons. The molecule has 0 aliphatic carbocycles. The Morgan fingerprint density at radius 3 is 0.676 bits per heavy atom. The summed E-state index contributed by atoms with van der Waals surface area (Å²) < 4.78 is 68.9. The van der Waals surface area contributed by atoms with Crippen molar-refractivity contribution in [2.75, 3.05) is 39.6 Å². The van der Waals surface area contributed by atoms with Gasteiger partial charge in [0.05, 0.1) is 26.4 Å². The van der Waals surface area contributed by atoms with Gasteiger partial charge in [0.25, 0.3) is 0 Å². The van der Waals surface area contributed by atoms with Crippen LogP contribution in [-0.4, -0.2) is 96.7 Å². The van der Waals surface area contributed by atoms with E-state index in [1.165, 1.54) is 270 Å². The Balaban J connectivity index is 5.22. The minimum atomic E-state index is -4.97. The molecule has 4 unspecified atom stereocenters. The lowest BCUT2D eigenvalue weighted by Gasteiger charge is -2.21. The average Bonchev–Trinajstić information content (AvgIpc) is 0.905. The normalized spacial score (nSPS) is 14.3. The van der Waals surface area contributed by atoms with Gasteiger partial charge in [0, 0.05) is 25.7 Å². The molecule has 0 heterocycles. The Morgan fingerprint density at radius 1 is 0.267 bits per heavy atom. The van der Waals surface area contributed by atoms with E-state index < -0.39 is 97.5 Å². The van der Waals surface area contributed by atoms with Gasteiger partial charge in [-0.1, -0.05) is 408 Å². The molecule has 0 bridgehead atoms. The second kappa shape index (κ2) is 77.4. The fourth-order valence-electron chi connectivity index (χ4n) is 13.4. The number of rotatable bonds is 85. The largest absolute Gasteiger partial charge is 0.472 e. The molecule has 0 amide bonds. The molecule has 0 spiro atoms. The highest BCUT2D eigenvalue weighted by Gasteiger charge is 2.30. The lowest BCUT2D eigenvalue weighted by Crippen LogP contribution is -2.30. The maximum Gasteiger partial charge on any atom is 0.472 e. The van der Waals surface area contributed by atoms with Crippen LogP contribution in [0, 0.1) is 11.8 Å². The van der Waals surface area contributed by atoms with Crippen molar-refractivity contribution >= 4 is 39.5 Å². The number of hydrogen-bond acceptors (Lipinski definition) is 15. The van der Waals surface area contributed by atoms with Crippen molar-refractivity contribution in [2.45, 2.75) is 477 Å². The Hall–Kier alpha value is -1.94. The number of hydrogen-bond donors (Lipinski definition) is 3. The van der Waals surface area contributed by atoms with Gasteiger partial charge >= 0.3 is 39.5 Å². The number of aliphatic hydroxyl groups is 1. The van der Waals surface area contributed by atoms with Gasteiger partial charge in [0.2, 0.25) is 0 Å². The number of carbonyl (C=O) groups is 4. The van der Waals surface area contributed by atoms with Gasteiger partial charge in [-0.3, -0.25) is 37.3 Å². The lowest BCUT2D eigenvalue weighted by atomic mass is 9.99. The van der Waals surface area contributed by atoms with E-state index in [0.29, 0.717) is 25.7 Å². The van der Waals surface area contributed by atoms with Crippen LogP contribution in [0.5, 0.6) is 0 Å². The number of ether oxygens (including phenoxy) is 4. The quantitative estimate of drug-likeness (QED) is 0.0222. The van der Waals surface area contributed by atoms with Crippen LogP contribution in [0.3, 0.4) is 0 Å². The molecule has 0 aromatic rings. The molecule has 19 heteroatoms. The summed E-state index contributed by atoms with van der Waals surface area (Å²) >= 11 is 0. The van der Waals surface area contributed by atoms with Crippen molar-refractivity contribution in [1.29, 1.82) is 0 Å². The molecule has 624 valence electrons. The number of esters is 4. The van der Waals surface area contributed by atoms with Crippen LogP contribution < -0.4 is 0 Å². The first-order valence-electron chi connectivity index (χ1n) is 44.6. The van der Waals surface area contributed by atoms with E-state index in [4.69, 9.17) is 37.0 Å². The van der Waals surface area contributed by atoms with Crippen LogP contribution in [0.15, 0.2) is 0 Å². The predicted molar refractivity (Wildman–Crippen MR) is 432 cm³/mol. The Labute approximate surface area is 645 Å². The van der Waals surface area contributed by atoms with E-state index >= 15 is 0 Å². The van der Waals surface area contributed by atoms with Crippen LogP contribution in [0.25, 0.3) is 0 Å². The van der Waals surface area contributed by atoms with Crippen LogP contribution >= 0.6 is 15.6 Å². The third-order valence-electron chi connectivity index (χ3n) is 20.9. The molecule has 0 aromatic heterocycles. The Morgan fingerprint density at radius 2 is 0.457 bits per heavy atom. The van der Waals surface area contributed by atoms with Crippen molar-refractivity contribution < 1.29 is 80.2 Å². The number of phosphoric ester groups is 2. The number of carbonyl (C=O) groups excluding carboxylic acids is 4. The zero-order valence-electron chi connectivity index (χ0n) is 69.0. The highest BCUT2D eigenvalue weighted by Crippen LogP contribution is 2.45. The van der Waals surface area contributed by atoms with Crippen LogP contribution in [0.4, 0.5) is 0 Å². The standard InChI is InChI=1S/C86H168O17P2/c1-7-11-13-15-17-19-21-23-25-27-29-30-31-33-35-37-39-41-46-50-58-64-70-85(90)102-81(74-96-83(88)68-62-56-49-45-40-38-36-34-32-28-26-24-22-20-18-16-14-12-8-2)76-100-104(92,93)98-72-80(87)73-99-105(94,95)101-77-82(75-97-84(89)69-63-57-53-52-55-61-67-79(6)10-4)103-86(91)71-65-59-51-47-43-42-44-48-54-60-66-78(5)9-3/h78-82,87H,7-77H2,1-6H3,(H,92,93)(H,94,95)/t78?,79?,80-,81-,82-/m1/s1. The minimum absolute atomic E-state index is 0.106. The third kappa shape index (κ3) is 77.2. The first kappa shape index (κ1) is 103. The third-order valence-corrected chi connectivity index (χ3v) is 22.8. The zero-order valence-corrected chi connectivity index (χ0v) is 70.8. The van der Waals surface area contributed by atoms with Gasteiger partial charge in [-0.05, 0) is 37.5 Å². The van der Waals surface area contributed by atoms with Crippen molar-refractivity contribution in [1.82, 2.24) is 0 Å². The second-order valence-corrected chi connectivity index (χ2v) is 34.3. The lowest BCUT2D eigenvalue weighted by molar-refractivity contribution is -0.161. The van der Waals surface area contributed by atoms with E-state index in [9.17, 15) is 43.2 Å². The second-order valence-electron chi connectivity index (χ2n) is 31.4. The molecule has 7 atom stereocenters. The molecule has 3 N–H and O–H groups in total. The topological polar surface area (TPSA) is 237 Å². The summed E-state index contributed by atoms with van der Waals surface area (Å²) in [5.41, 5.74) is 0. The first-order chi connectivity index (χ1) is 50.9. The molecule has 0 aromatic carbocycles. The average molecular weight is 1540 g/mol. The fourth-order valence-corrected chi connectivity index (χ4v) is 14.9. The summed E-state index contributed by atoms with van der Waals surface area (Å²) in [5.74, 6) is -0.572. The molecular weight excluding hydrogens is 1370 g/mol. The Kier molecular flexibility index (Phi) is 76.0. The summed E-state index contributed by atoms with van der Waals surface area (Å²) in [5, 5.41) is 10.7. The summed E-state index contributed by atoms with van der Waals surface area (Å²) in [7, 11) is -9.93. The van der Waals surface area contributed by atoms with E-state index in [1.807, 2.05) is 0 Å². The minimum Gasteiger partial charge on any atom is -0.462 e. The van der Waals surface area contributed by atoms with Crippen LogP contribution in [0.1, 0.15) is 459 Å². The van der Waals surface area contributed by atoms with Gasteiger partial charge in [-0.25, -0.2) is 9.13 Å². The van der Waals surface area contributed by atoms with Gasteiger partial charge in [-0.15, -0.1) is 0 Å². The van der Waals surface area contributed by atoms with E-state index in [2.05, 4.69) is 41.5 Å². The highest BCUT2D eigenvalue weighted by molar-refractivity contribution is 7.47. The summed E-state index contributed by atoms with van der Waals surface area (Å²) in [6, 6.07) is 0. The Bertz CT molecular complexity index is 2010. The van der Waals surface area contributed by atoms with E-state index in [1.54, 1.807) is 0 Å². The SMILES string of the molecule is CCCCCCCCCCCCCCCCCCCCCCCCC(=O)O[C@H](COC(=O)CCCCCCCCCCCCCCCCCCCCC)COP(=O)(O)OC[C@@H](O)COP(=O)(O)OC[C@@H](COC(=O)CCCCCCCCC(C)CC)OC(=O)CCCCCCCCCCCCC(C)CC. The smallest absolute Gasteiger partial charge is 0.462 e. The molecule has 17 nitrogen and oxygen atoms in total. The maximum atomic E-state index is 13.1. The number of aliphatic hydroxyl groups excluding tert-OH is 1. The monoisotopic (exact) mass is 1540 g/mol. The number of phosphoric acid groups is 2. The molecule has 0 aliphatic heterocycles. The summed E-state index contributed by atoms with van der Waals surface area (Å²) in [6.45, 7) is 9.64. The van der Waals surface area contributed by atoms with Crippen molar-refractivity contribution in [3.63, 3.8) is 0 Å². The highest BCUT2D eigenvalue weighted by atomic mass is 31.2. The molecular formula is C86H168O17P2.